The number of methoxy groups -OCH3 is 3. The molecule has 3 aliphatic heterocycles. The zero-order chi connectivity index (χ0) is 30.6. The van der Waals surface area contributed by atoms with Gasteiger partial charge >= 0.3 is 0 Å². The first-order chi connectivity index (χ1) is 21.5. The summed E-state index contributed by atoms with van der Waals surface area (Å²) in [4.78, 5) is 22.1. The van der Waals surface area contributed by atoms with E-state index in [1.54, 1.807) is 21.3 Å². The number of aliphatic imine (C=N–C) groups is 1. The molecule has 1 saturated heterocycles. The maximum absolute atomic E-state index is 12.8. The van der Waals surface area contributed by atoms with E-state index in [-0.39, 0.29) is 16.4 Å². The van der Waals surface area contributed by atoms with Crippen LogP contribution < -0.4 is 19.1 Å². The van der Waals surface area contributed by atoms with Crippen LogP contribution in [0.1, 0.15) is 28.7 Å². The van der Waals surface area contributed by atoms with Gasteiger partial charge in [0.05, 0.1) is 46.7 Å². The number of amides is 1. The number of thiophene rings is 1. The summed E-state index contributed by atoms with van der Waals surface area (Å²) in [6.45, 7) is 4.36. The van der Waals surface area contributed by atoms with Gasteiger partial charge in [-0.3, -0.25) is 19.7 Å². The number of carbonyl (C=O) groups excluding carboxylic acids is 1. The number of hydrogen-bond donors (Lipinski definition) is 0. The minimum atomic E-state index is -0.0165. The smallest absolute Gasteiger partial charge is 0.255 e. The Morgan fingerprint density at radius 3 is 2.34 bits per heavy atom. The molecule has 0 N–H and O–H groups in total. The molecule has 0 bridgehead atoms. The molecule has 3 aliphatic rings. The first-order valence-corrected chi connectivity index (χ1v) is 16.6. The van der Waals surface area contributed by atoms with Gasteiger partial charge in [0.2, 0.25) is 11.7 Å². The summed E-state index contributed by atoms with van der Waals surface area (Å²) in [6, 6.07) is 14.9. The monoisotopic (exact) mass is 618 g/mol. The molecule has 0 spiro atoms. The molecule has 3 aromatic rings. The summed E-state index contributed by atoms with van der Waals surface area (Å²) in [5, 5.41) is 10.6. The van der Waals surface area contributed by atoms with Crippen molar-refractivity contribution in [3.63, 3.8) is 0 Å². The SMILES string of the molecule is COc1cc(CCc2ccc(C3=NCc4cc[s+](C)c4N4CN(CCC(=O)N5CCOCC5)N=C34)cc2)cc(OC)c1OC. The van der Waals surface area contributed by atoms with Crippen molar-refractivity contribution in [3.05, 3.63) is 70.1 Å². The number of nitrogens with zero attached hydrogens (tertiary/aromatic N) is 5. The van der Waals surface area contributed by atoms with Crippen LogP contribution in [0.2, 0.25) is 0 Å². The van der Waals surface area contributed by atoms with Crippen LogP contribution in [0.15, 0.2) is 57.9 Å². The number of ether oxygens (including phenoxy) is 4. The van der Waals surface area contributed by atoms with Gasteiger partial charge in [-0.15, -0.1) is 0 Å². The van der Waals surface area contributed by atoms with Crippen LogP contribution in [-0.2, 0) is 35.2 Å². The highest BCUT2D eigenvalue weighted by atomic mass is 32.2. The molecule has 0 radical (unpaired) electrons. The topological polar surface area (TPSA) is 88.4 Å². The first kappa shape index (κ1) is 30.0. The second kappa shape index (κ2) is 13.3. The van der Waals surface area contributed by atoms with Crippen LogP contribution in [0.25, 0.3) is 0 Å². The van der Waals surface area contributed by atoms with Crippen molar-refractivity contribution in [2.24, 2.45) is 16.3 Å². The molecule has 232 valence electrons. The average molecular weight is 619 g/mol. The lowest BCUT2D eigenvalue weighted by atomic mass is 10.0. The molecule has 4 heterocycles. The predicted octanol–water partition coefficient (Wildman–Crippen LogP) is 4.43. The second-order valence-corrected chi connectivity index (χ2v) is 12.8. The summed E-state index contributed by atoms with van der Waals surface area (Å²) in [5.74, 6) is 2.95. The number of fused-ring (bicyclic) bond motifs is 3. The Kier molecular flexibility index (Phi) is 9.04. The molecule has 0 saturated carbocycles. The van der Waals surface area contributed by atoms with Crippen LogP contribution >= 0.6 is 10.5 Å². The molecule has 2 aromatic carbocycles. The van der Waals surface area contributed by atoms with Crippen LogP contribution in [0, 0.1) is 0 Å². The zero-order valence-electron chi connectivity index (χ0n) is 25.9. The lowest BCUT2D eigenvalue weighted by molar-refractivity contribution is -0.135. The number of aryl methyl sites for hydroxylation is 3. The third kappa shape index (κ3) is 6.11. The van der Waals surface area contributed by atoms with Gasteiger partial charge in [-0.1, -0.05) is 24.3 Å². The van der Waals surface area contributed by atoms with Crippen molar-refractivity contribution in [1.29, 1.82) is 0 Å². The van der Waals surface area contributed by atoms with E-state index in [9.17, 15) is 4.79 Å². The van der Waals surface area contributed by atoms with E-state index in [4.69, 9.17) is 29.0 Å². The van der Waals surface area contributed by atoms with Crippen LogP contribution in [0.3, 0.4) is 0 Å². The summed E-state index contributed by atoms with van der Waals surface area (Å²) in [6.07, 6.45) is 4.37. The predicted molar refractivity (Wildman–Crippen MR) is 174 cm³/mol. The number of amidine groups is 1. The summed E-state index contributed by atoms with van der Waals surface area (Å²) in [5.41, 5.74) is 5.51. The minimum absolute atomic E-state index is 0.0165. The lowest BCUT2D eigenvalue weighted by Gasteiger charge is -2.27. The number of morpholine rings is 1. The van der Waals surface area contributed by atoms with Gasteiger partial charge in [0.15, 0.2) is 17.3 Å². The van der Waals surface area contributed by atoms with Gasteiger partial charge in [0.1, 0.15) is 24.0 Å². The quantitative estimate of drug-likeness (QED) is 0.311. The molecule has 11 heteroatoms. The Morgan fingerprint density at radius 1 is 0.955 bits per heavy atom. The molecule has 1 fully saturated rings. The second-order valence-electron chi connectivity index (χ2n) is 11.1. The van der Waals surface area contributed by atoms with E-state index in [0.717, 1.165) is 35.5 Å². The van der Waals surface area contributed by atoms with Crippen molar-refractivity contribution < 1.29 is 23.7 Å². The molecule has 1 amide bonds. The van der Waals surface area contributed by atoms with Gasteiger partial charge in [-0.05, 0) is 46.6 Å². The van der Waals surface area contributed by atoms with Crippen molar-refractivity contribution in [2.45, 2.75) is 25.8 Å². The van der Waals surface area contributed by atoms with E-state index in [1.807, 2.05) is 22.0 Å². The summed E-state index contributed by atoms with van der Waals surface area (Å²) in [7, 11) is 4.87. The van der Waals surface area contributed by atoms with Crippen LogP contribution in [0.4, 0.5) is 5.00 Å². The first-order valence-electron chi connectivity index (χ1n) is 14.9. The van der Waals surface area contributed by atoms with Crippen LogP contribution in [-0.4, -0.2) is 88.2 Å². The summed E-state index contributed by atoms with van der Waals surface area (Å²) >= 11 is 0. The molecule has 1 atom stereocenters. The Hall–Kier alpha value is -4.09. The highest BCUT2D eigenvalue weighted by Gasteiger charge is 2.37. The molecule has 10 nitrogen and oxygen atoms in total. The van der Waals surface area contributed by atoms with Crippen molar-refractivity contribution in [2.75, 3.05) is 65.7 Å². The number of hydrogen-bond acceptors (Lipinski definition) is 9. The Morgan fingerprint density at radius 2 is 1.66 bits per heavy atom. The van der Waals surface area contributed by atoms with Gasteiger partial charge < -0.3 is 23.8 Å². The van der Waals surface area contributed by atoms with E-state index in [0.29, 0.717) is 69.7 Å². The Bertz CT molecular complexity index is 1540. The molecular formula is C33H40N5O5S+. The van der Waals surface area contributed by atoms with Gasteiger partial charge in [-0.25, -0.2) is 0 Å². The third-order valence-corrected chi connectivity index (χ3v) is 9.95. The maximum Gasteiger partial charge on any atom is 0.255 e. The lowest BCUT2D eigenvalue weighted by Crippen LogP contribution is -2.42. The van der Waals surface area contributed by atoms with E-state index in [2.05, 4.69) is 46.9 Å². The molecule has 0 aliphatic carbocycles. The Labute approximate surface area is 261 Å². The molecule has 1 aromatic heterocycles. The van der Waals surface area contributed by atoms with Gasteiger partial charge in [-0.2, -0.15) is 5.10 Å². The third-order valence-electron chi connectivity index (χ3n) is 8.32. The van der Waals surface area contributed by atoms with E-state index < -0.39 is 0 Å². The number of rotatable bonds is 10. The largest absolute Gasteiger partial charge is 0.493 e. The number of hydrazone groups is 1. The van der Waals surface area contributed by atoms with Crippen LogP contribution in [0.5, 0.6) is 17.2 Å². The molecule has 1 unspecified atom stereocenters. The van der Waals surface area contributed by atoms with Gasteiger partial charge in [0.25, 0.3) is 5.00 Å². The maximum atomic E-state index is 12.8. The van der Waals surface area contributed by atoms with Crippen molar-refractivity contribution >= 4 is 32.9 Å². The highest BCUT2D eigenvalue weighted by Crippen LogP contribution is 2.40. The number of anilines is 1. The fourth-order valence-electron chi connectivity index (χ4n) is 5.95. The fourth-order valence-corrected chi connectivity index (χ4v) is 7.48. The number of carbonyl (C=O) groups is 1. The van der Waals surface area contributed by atoms with E-state index >= 15 is 0 Å². The highest BCUT2D eigenvalue weighted by molar-refractivity contribution is 7.32. The molecule has 6 rings (SSSR count). The molecule has 44 heavy (non-hydrogen) atoms. The summed E-state index contributed by atoms with van der Waals surface area (Å²) < 4.78 is 21.9. The van der Waals surface area contributed by atoms with Crippen molar-refractivity contribution in [1.82, 2.24) is 9.91 Å². The minimum Gasteiger partial charge on any atom is -0.493 e. The van der Waals surface area contributed by atoms with Crippen molar-refractivity contribution in [3.8, 4) is 17.2 Å². The fraction of sp³-hybridized carbons (Fsp3) is 0.424. The van der Waals surface area contributed by atoms with Gasteiger partial charge in [0, 0.05) is 37.7 Å². The Balaban J connectivity index is 1.18. The zero-order valence-corrected chi connectivity index (χ0v) is 26.7. The standard InChI is InChI=1S/C33H40N5O5S/c1-40-27-19-24(20-28(41-2)31(27)42-3)6-5-23-7-9-25(10-8-23)30-32-35-37(13-11-29(39)36-14-16-43-17-15-36)22-38(32)33-26(21-34-30)12-18-44(33)4/h7-10,12,18-20H,5-6,11,13-17,21-22H2,1-4H3/q+1. The normalized spacial score (nSPS) is 16.5. The molecular weight excluding hydrogens is 578 g/mol. The average Bonchev–Trinajstić information content (AvgIpc) is 3.61. The van der Waals surface area contributed by atoms with E-state index in [1.165, 1.54) is 16.1 Å². The number of benzene rings is 2.